The van der Waals surface area contributed by atoms with E-state index in [1.807, 2.05) is 6.07 Å². The highest BCUT2D eigenvalue weighted by Crippen LogP contribution is 2.27. The predicted octanol–water partition coefficient (Wildman–Crippen LogP) is 2.60. The number of aliphatic carboxylic acids is 1. The molecule has 0 spiro atoms. The normalized spacial score (nSPS) is 9.50. The zero-order chi connectivity index (χ0) is 10.7. The fraction of sp³-hybridized carbons (Fsp3) is 0.111. The molecule has 0 aromatic heterocycles. The van der Waals surface area contributed by atoms with Crippen LogP contribution < -0.4 is 0 Å². The van der Waals surface area contributed by atoms with Gasteiger partial charge in [0.05, 0.1) is 21.5 Å². The third-order valence-corrected chi connectivity index (χ3v) is 2.94. The van der Waals surface area contributed by atoms with Crippen LogP contribution in [0.25, 0.3) is 0 Å². The number of carbonyl (C=O) groups is 1. The number of hydrogen-bond donors (Lipinski definition) is 1. The van der Waals surface area contributed by atoms with Crippen molar-refractivity contribution in [2.45, 2.75) is 6.42 Å². The van der Waals surface area contributed by atoms with Gasteiger partial charge in [0, 0.05) is 0 Å². The van der Waals surface area contributed by atoms with Gasteiger partial charge in [0.2, 0.25) is 0 Å². The number of rotatable bonds is 2. The Bertz CT molecular complexity index is 426. The maximum atomic E-state index is 10.4. The first-order valence-corrected chi connectivity index (χ1v) is 4.81. The van der Waals surface area contributed by atoms with E-state index >= 15 is 0 Å². The molecule has 0 aliphatic rings. The van der Waals surface area contributed by atoms with Crippen LogP contribution in [0.2, 0.25) is 5.02 Å². The third-order valence-electron chi connectivity index (χ3n) is 1.56. The lowest BCUT2D eigenvalue weighted by molar-refractivity contribution is -0.136. The van der Waals surface area contributed by atoms with Crippen LogP contribution in [0.15, 0.2) is 16.6 Å². The van der Waals surface area contributed by atoms with Gasteiger partial charge in [-0.2, -0.15) is 5.26 Å². The quantitative estimate of drug-likeness (QED) is 0.901. The second-order valence-corrected chi connectivity index (χ2v) is 3.82. The van der Waals surface area contributed by atoms with Gasteiger partial charge in [0.15, 0.2) is 0 Å². The molecule has 1 rings (SSSR count). The lowest BCUT2D eigenvalue weighted by Crippen LogP contribution is -2.00. The third kappa shape index (κ3) is 2.47. The van der Waals surface area contributed by atoms with Crippen molar-refractivity contribution in [1.29, 1.82) is 5.26 Å². The van der Waals surface area contributed by atoms with Gasteiger partial charge in [0.1, 0.15) is 6.07 Å². The number of carboxylic acid groups (broad SMARTS) is 1. The highest BCUT2D eigenvalue weighted by atomic mass is 79.9. The van der Waals surface area contributed by atoms with Crippen LogP contribution in [0.3, 0.4) is 0 Å². The van der Waals surface area contributed by atoms with Crippen molar-refractivity contribution in [1.82, 2.24) is 0 Å². The summed E-state index contributed by atoms with van der Waals surface area (Å²) in [4.78, 5) is 10.4. The number of carboxylic acids is 1. The molecular weight excluding hydrogens is 269 g/mol. The summed E-state index contributed by atoms with van der Waals surface area (Å²) in [5, 5.41) is 17.6. The summed E-state index contributed by atoms with van der Waals surface area (Å²) >= 11 is 8.93. The molecule has 1 aromatic carbocycles. The van der Waals surface area contributed by atoms with E-state index in [4.69, 9.17) is 22.0 Å². The fourth-order valence-electron chi connectivity index (χ4n) is 1.00. The molecule has 0 fully saturated rings. The summed E-state index contributed by atoms with van der Waals surface area (Å²) in [5.74, 6) is -0.952. The highest BCUT2D eigenvalue weighted by molar-refractivity contribution is 9.10. The minimum atomic E-state index is -0.952. The van der Waals surface area contributed by atoms with Crippen LogP contribution in [0, 0.1) is 11.3 Å². The smallest absolute Gasteiger partial charge is 0.307 e. The molecule has 0 saturated carbocycles. The van der Waals surface area contributed by atoms with E-state index in [1.165, 1.54) is 12.1 Å². The minimum absolute atomic E-state index is 0.137. The summed E-state index contributed by atoms with van der Waals surface area (Å²) in [7, 11) is 0. The van der Waals surface area contributed by atoms with Crippen molar-refractivity contribution in [3.8, 4) is 6.07 Å². The van der Waals surface area contributed by atoms with Crippen molar-refractivity contribution in [2.24, 2.45) is 0 Å². The zero-order valence-electron chi connectivity index (χ0n) is 6.92. The fourth-order valence-corrected chi connectivity index (χ4v) is 1.56. The van der Waals surface area contributed by atoms with E-state index in [2.05, 4.69) is 15.9 Å². The van der Waals surface area contributed by atoms with Gasteiger partial charge in [-0.3, -0.25) is 4.79 Å². The second-order valence-electron chi connectivity index (χ2n) is 2.62. The Labute approximate surface area is 94.0 Å². The van der Waals surface area contributed by atoms with Crippen molar-refractivity contribution in [2.75, 3.05) is 0 Å². The van der Waals surface area contributed by atoms with Crippen LogP contribution in [-0.4, -0.2) is 11.1 Å². The summed E-state index contributed by atoms with van der Waals surface area (Å²) in [6.45, 7) is 0. The van der Waals surface area contributed by atoms with E-state index in [1.54, 1.807) is 0 Å². The standard InChI is InChI=1S/C9H5BrClNO2/c10-9-6(4-12)1-5(2-7(9)11)3-8(13)14/h1-2H,3H2,(H,13,14). The molecule has 0 amide bonds. The number of benzene rings is 1. The molecule has 0 aliphatic heterocycles. The van der Waals surface area contributed by atoms with Gasteiger partial charge in [-0.05, 0) is 33.6 Å². The topological polar surface area (TPSA) is 61.1 Å². The van der Waals surface area contributed by atoms with Gasteiger partial charge in [0.25, 0.3) is 0 Å². The minimum Gasteiger partial charge on any atom is -0.481 e. The maximum absolute atomic E-state index is 10.4. The summed E-state index contributed by atoms with van der Waals surface area (Å²) in [6.07, 6.45) is -0.137. The molecule has 14 heavy (non-hydrogen) atoms. The molecule has 1 aromatic rings. The lowest BCUT2D eigenvalue weighted by Gasteiger charge is -2.02. The molecule has 72 valence electrons. The molecule has 3 nitrogen and oxygen atoms in total. The number of nitrogens with zero attached hydrogens (tertiary/aromatic N) is 1. The van der Waals surface area contributed by atoms with E-state index in [9.17, 15) is 4.79 Å². The van der Waals surface area contributed by atoms with E-state index in [0.29, 0.717) is 20.6 Å². The van der Waals surface area contributed by atoms with Gasteiger partial charge < -0.3 is 5.11 Å². The molecule has 0 unspecified atom stereocenters. The van der Waals surface area contributed by atoms with Gasteiger partial charge in [-0.1, -0.05) is 11.6 Å². The first kappa shape index (κ1) is 11.0. The zero-order valence-corrected chi connectivity index (χ0v) is 9.26. The Balaban J connectivity index is 3.18. The van der Waals surface area contributed by atoms with Crippen LogP contribution in [0.4, 0.5) is 0 Å². The molecule has 0 bridgehead atoms. The Kier molecular flexibility index (Phi) is 3.50. The largest absolute Gasteiger partial charge is 0.481 e. The Morgan fingerprint density at radius 3 is 2.79 bits per heavy atom. The van der Waals surface area contributed by atoms with Crippen molar-refractivity contribution in [3.05, 3.63) is 32.8 Å². The van der Waals surface area contributed by atoms with Crippen LogP contribution >= 0.6 is 27.5 Å². The van der Waals surface area contributed by atoms with Gasteiger partial charge in [-0.25, -0.2) is 0 Å². The molecule has 5 heteroatoms. The lowest BCUT2D eigenvalue weighted by atomic mass is 10.1. The predicted molar refractivity (Wildman–Crippen MR) is 55.2 cm³/mol. The van der Waals surface area contributed by atoms with E-state index in [0.717, 1.165) is 0 Å². The Morgan fingerprint density at radius 2 is 2.29 bits per heavy atom. The second kappa shape index (κ2) is 4.45. The SMILES string of the molecule is N#Cc1cc(CC(=O)O)cc(Cl)c1Br. The van der Waals surface area contributed by atoms with Crippen LogP contribution in [0.5, 0.6) is 0 Å². The molecule has 1 N–H and O–H groups in total. The highest BCUT2D eigenvalue weighted by Gasteiger charge is 2.08. The van der Waals surface area contributed by atoms with Crippen molar-refractivity contribution in [3.63, 3.8) is 0 Å². The summed E-state index contributed by atoms with van der Waals surface area (Å²) in [6, 6.07) is 4.96. The van der Waals surface area contributed by atoms with Crippen molar-refractivity contribution < 1.29 is 9.90 Å². The number of nitriles is 1. The van der Waals surface area contributed by atoms with E-state index in [-0.39, 0.29) is 6.42 Å². The van der Waals surface area contributed by atoms with Gasteiger partial charge in [-0.15, -0.1) is 0 Å². The number of halogens is 2. The van der Waals surface area contributed by atoms with Gasteiger partial charge >= 0.3 is 5.97 Å². The van der Waals surface area contributed by atoms with Crippen LogP contribution in [0.1, 0.15) is 11.1 Å². The Morgan fingerprint density at radius 1 is 1.64 bits per heavy atom. The van der Waals surface area contributed by atoms with E-state index < -0.39 is 5.97 Å². The molecule has 0 radical (unpaired) electrons. The average molecular weight is 275 g/mol. The van der Waals surface area contributed by atoms with Crippen LogP contribution in [-0.2, 0) is 11.2 Å². The Hall–Kier alpha value is -1.05. The molecule has 0 saturated heterocycles. The number of hydrogen-bond acceptors (Lipinski definition) is 2. The monoisotopic (exact) mass is 273 g/mol. The molecule has 0 atom stereocenters. The first-order valence-electron chi connectivity index (χ1n) is 3.64. The first-order chi connectivity index (χ1) is 6.54. The molecular formula is C9H5BrClNO2. The summed E-state index contributed by atoms with van der Waals surface area (Å²) < 4.78 is 0.496. The average Bonchev–Trinajstić information content (AvgIpc) is 2.10. The maximum Gasteiger partial charge on any atom is 0.307 e. The van der Waals surface area contributed by atoms with Crippen molar-refractivity contribution >= 4 is 33.5 Å². The molecule has 0 heterocycles. The molecule has 0 aliphatic carbocycles. The summed E-state index contributed by atoms with van der Waals surface area (Å²) in [5.41, 5.74) is 0.857.